The van der Waals surface area contributed by atoms with Gasteiger partial charge >= 0.3 is 12.1 Å². The third kappa shape index (κ3) is 7.67. The zero-order valence-corrected chi connectivity index (χ0v) is 17.6. The van der Waals surface area contributed by atoms with Crippen LogP contribution in [-0.4, -0.2) is 31.5 Å². The maximum absolute atomic E-state index is 12.6. The predicted molar refractivity (Wildman–Crippen MR) is 110 cm³/mol. The number of thioether (sulfide) groups is 1. The number of aryl methyl sites for hydroxylation is 1. The summed E-state index contributed by atoms with van der Waals surface area (Å²) >= 11 is 1.55. The van der Waals surface area contributed by atoms with Gasteiger partial charge in [0.1, 0.15) is 18.1 Å². The van der Waals surface area contributed by atoms with Crippen molar-refractivity contribution in [1.82, 2.24) is 0 Å². The number of halogens is 3. The van der Waals surface area contributed by atoms with Crippen molar-refractivity contribution in [3.8, 4) is 11.5 Å². The maximum atomic E-state index is 12.6. The minimum Gasteiger partial charge on any atom is -0.489 e. The van der Waals surface area contributed by atoms with Crippen LogP contribution in [0.25, 0.3) is 0 Å². The Morgan fingerprint density at radius 1 is 1.07 bits per heavy atom. The van der Waals surface area contributed by atoms with Crippen molar-refractivity contribution in [3.63, 3.8) is 0 Å². The first kappa shape index (κ1) is 23.7. The number of carbonyl (C=O) groups is 1. The van der Waals surface area contributed by atoms with E-state index in [0.717, 1.165) is 28.2 Å². The molecular formula is C22H23F3O4S. The van der Waals surface area contributed by atoms with E-state index in [2.05, 4.69) is 6.58 Å². The molecule has 4 nitrogen and oxygen atoms in total. The highest BCUT2D eigenvalue weighted by molar-refractivity contribution is 7.99. The molecule has 0 aliphatic rings. The SMILES string of the molecule is C=C(COc1ccc(C(F)(F)F)cc1)CSc1ccc(OCC(=O)OCC)c(C)c1. The van der Waals surface area contributed by atoms with Gasteiger partial charge in [0.05, 0.1) is 12.2 Å². The lowest BCUT2D eigenvalue weighted by Crippen LogP contribution is -2.14. The topological polar surface area (TPSA) is 44.8 Å². The lowest BCUT2D eigenvalue weighted by Gasteiger charge is -2.12. The van der Waals surface area contributed by atoms with Crippen LogP contribution in [0.1, 0.15) is 18.1 Å². The number of esters is 1. The summed E-state index contributed by atoms with van der Waals surface area (Å²) in [4.78, 5) is 12.4. The van der Waals surface area contributed by atoms with E-state index in [4.69, 9.17) is 14.2 Å². The Bertz CT molecular complexity index is 864. The number of hydrogen-bond acceptors (Lipinski definition) is 5. The molecule has 0 amide bonds. The number of ether oxygens (including phenoxy) is 3. The normalized spacial score (nSPS) is 11.1. The van der Waals surface area contributed by atoms with Gasteiger partial charge in [0.15, 0.2) is 6.61 Å². The van der Waals surface area contributed by atoms with Crippen LogP contribution < -0.4 is 9.47 Å². The van der Waals surface area contributed by atoms with Crippen LogP contribution in [0.4, 0.5) is 13.2 Å². The van der Waals surface area contributed by atoms with E-state index < -0.39 is 17.7 Å². The molecule has 0 radical (unpaired) electrons. The second-order valence-electron chi connectivity index (χ2n) is 6.37. The van der Waals surface area contributed by atoms with Crippen molar-refractivity contribution in [2.45, 2.75) is 24.9 Å². The molecule has 0 fully saturated rings. The molecule has 0 spiro atoms. The first-order chi connectivity index (χ1) is 14.2. The summed E-state index contributed by atoms with van der Waals surface area (Å²) in [5.41, 5.74) is 0.963. The molecule has 8 heteroatoms. The highest BCUT2D eigenvalue weighted by Crippen LogP contribution is 2.30. The lowest BCUT2D eigenvalue weighted by atomic mass is 10.2. The molecular weight excluding hydrogens is 417 g/mol. The summed E-state index contributed by atoms with van der Waals surface area (Å²) in [5.74, 6) is 1.13. The van der Waals surface area contributed by atoms with Crippen LogP contribution in [0.3, 0.4) is 0 Å². The summed E-state index contributed by atoms with van der Waals surface area (Å²) < 4.78 is 53.5. The number of benzene rings is 2. The number of hydrogen-bond donors (Lipinski definition) is 0. The standard InChI is InChI=1S/C22H23F3O4S/c1-4-27-21(26)13-29-20-10-9-19(11-16(20)3)30-14-15(2)12-28-18-7-5-17(6-8-18)22(23,24)25/h5-11H,2,4,12-14H2,1,3H3. The van der Waals surface area contributed by atoms with Gasteiger partial charge in [0.25, 0.3) is 0 Å². The maximum Gasteiger partial charge on any atom is 0.416 e. The molecule has 0 saturated carbocycles. The van der Waals surface area contributed by atoms with E-state index in [9.17, 15) is 18.0 Å². The zero-order chi connectivity index (χ0) is 22.1. The lowest BCUT2D eigenvalue weighted by molar-refractivity contribution is -0.145. The molecule has 0 saturated heterocycles. The van der Waals surface area contributed by atoms with Gasteiger partial charge in [-0.05, 0) is 67.4 Å². The predicted octanol–water partition coefficient (Wildman–Crippen LogP) is 5.68. The molecule has 0 aliphatic heterocycles. The number of carbonyl (C=O) groups excluding carboxylic acids is 1. The second-order valence-corrected chi connectivity index (χ2v) is 7.42. The van der Waals surface area contributed by atoms with Crippen LogP contribution in [-0.2, 0) is 15.7 Å². The average molecular weight is 440 g/mol. The quantitative estimate of drug-likeness (QED) is 0.270. The van der Waals surface area contributed by atoms with Crippen molar-refractivity contribution in [1.29, 1.82) is 0 Å². The summed E-state index contributed by atoms with van der Waals surface area (Å²) in [6.45, 7) is 7.94. The Morgan fingerprint density at radius 3 is 2.37 bits per heavy atom. The largest absolute Gasteiger partial charge is 0.489 e. The van der Waals surface area contributed by atoms with E-state index >= 15 is 0 Å². The van der Waals surface area contributed by atoms with E-state index in [1.165, 1.54) is 12.1 Å². The third-order valence-corrected chi connectivity index (χ3v) is 5.00. The number of rotatable bonds is 10. The molecule has 0 bridgehead atoms. The minimum absolute atomic E-state index is 0.140. The van der Waals surface area contributed by atoms with Gasteiger partial charge in [-0.15, -0.1) is 11.8 Å². The molecule has 2 aromatic carbocycles. The Balaban J connectivity index is 1.79. The highest BCUT2D eigenvalue weighted by Gasteiger charge is 2.30. The highest BCUT2D eigenvalue weighted by atomic mass is 32.2. The fraction of sp³-hybridized carbons (Fsp3) is 0.318. The molecule has 0 unspecified atom stereocenters. The van der Waals surface area contributed by atoms with Crippen molar-refractivity contribution in [2.75, 3.05) is 25.6 Å². The molecule has 2 aromatic rings. The molecule has 0 N–H and O–H groups in total. The average Bonchev–Trinajstić information content (AvgIpc) is 2.70. The van der Waals surface area contributed by atoms with Gasteiger partial charge in [-0.2, -0.15) is 13.2 Å². The number of alkyl halides is 3. The Kier molecular flexibility index (Phi) is 8.65. The van der Waals surface area contributed by atoms with Crippen LogP contribution in [0, 0.1) is 6.92 Å². The molecule has 0 aliphatic carbocycles. The zero-order valence-electron chi connectivity index (χ0n) is 16.8. The van der Waals surface area contributed by atoms with Gasteiger partial charge < -0.3 is 14.2 Å². The first-order valence-corrected chi connectivity index (χ1v) is 10.2. The fourth-order valence-electron chi connectivity index (χ4n) is 2.37. The van der Waals surface area contributed by atoms with Gasteiger partial charge in [-0.25, -0.2) is 4.79 Å². The Hall–Kier alpha value is -2.61. The van der Waals surface area contributed by atoms with Crippen LogP contribution in [0.5, 0.6) is 11.5 Å². The van der Waals surface area contributed by atoms with E-state index in [0.29, 0.717) is 23.9 Å². The smallest absolute Gasteiger partial charge is 0.416 e. The van der Waals surface area contributed by atoms with E-state index in [1.807, 2.05) is 19.1 Å². The molecule has 162 valence electrons. The van der Waals surface area contributed by atoms with Crippen molar-refractivity contribution >= 4 is 17.7 Å². The van der Waals surface area contributed by atoms with Crippen LogP contribution >= 0.6 is 11.8 Å². The molecule has 30 heavy (non-hydrogen) atoms. The van der Waals surface area contributed by atoms with Gasteiger partial charge in [0, 0.05) is 10.6 Å². The van der Waals surface area contributed by atoms with Crippen molar-refractivity contribution in [2.24, 2.45) is 0 Å². The summed E-state index contributed by atoms with van der Waals surface area (Å²) in [7, 11) is 0. The third-order valence-electron chi connectivity index (χ3n) is 3.86. The van der Waals surface area contributed by atoms with Crippen LogP contribution in [0.2, 0.25) is 0 Å². The van der Waals surface area contributed by atoms with Gasteiger partial charge in [-0.3, -0.25) is 0 Å². The molecule has 0 heterocycles. The minimum atomic E-state index is -4.36. The summed E-state index contributed by atoms with van der Waals surface area (Å²) in [6.07, 6.45) is -4.36. The molecule has 0 atom stereocenters. The monoisotopic (exact) mass is 440 g/mol. The molecule has 2 rings (SSSR count). The fourth-order valence-corrected chi connectivity index (χ4v) is 3.24. The summed E-state index contributed by atoms with van der Waals surface area (Å²) in [5, 5.41) is 0. The first-order valence-electron chi connectivity index (χ1n) is 9.17. The van der Waals surface area contributed by atoms with Gasteiger partial charge in [0.2, 0.25) is 0 Å². The Morgan fingerprint density at radius 2 is 1.77 bits per heavy atom. The second kappa shape index (κ2) is 11.0. The van der Waals surface area contributed by atoms with Crippen molar-refractivity contribution in [3.05, 3.63) is 65.7 Å². The summed E-state index contributed by atoms with van der Waals surface area (Å²) in [6, 6.07) is 10.2. The van der Waals surface area contributed by atoms with Crippen molar-refractivity contribution < 1.29 is 32.2 Å². The van der Waals surface area contributed by atoms with E-state index in [-0.39, 0.29) is 13.2 Å². The van der Waals surface area contributed by atoms with Crippen LogP contribution in [0.15, 0.2) is 59.5 Å². The Labute approximate surface area is 178 Å². The van der Waals surface area contributed by atoms with E-state index in [1.54, 1.807) is 24.8 Å². The molecule has 0 aromatic heterocycles. The van der Waals surface area contributed by atoms with Gasteiger partial charge in [-0.1, -0.05) is 6.58 Å².